The van der Waals surface area contributed by atoms with E-state index < -0.39 is 35.2 Å². The van der Waals surface area contributed by atoms with E-state index in [0.717, 1.165) is 5.56 Å². The van der Waals surface area contributed by atoms with Crippen molar-refractivity contribution in [3.05, 3.63) is 64.7 Å². The highest BCUT2D eigenvalue weighted by Crippen LogP contribution is 2.35. The van der Waals surface area contributed by atoms with Crippen molar-refractivity contribution in [3.63, 3.8) is 0 Å². The van der Waals surface area contributed by atoms with Crippen molar-refractivity contribution >= 4 is 35.2 Å². The third kappa shape index (κ3) is 8.99. The van der Waals surface area contributed by atoms with Crippen molar-refractivity contribution in [1.29, 1.82) is 0 Å². The Balaban J connectivity index is 2.63. The number of carbonyl (C=O) groups is 3. The van der Waals surface area contributed by atoms with Gasteiger partial charge in [-0.25, -0.2) is 4.79 Å². The largest absolute Gasteiger partial charge is 0.444 e. The molecule has 0 saturated carbocycles. The van der Waals surface area contributed by atoms with E-state index in [9.17, 15) is 14.4 Å². The van der Waals surface area contributed by atoms with E-state index in [1.807, 2.05) is 84.0 Å². The number of hydrogen-bond donors (Lipinski definition) is 2. The van der Waals surface area contributed by atoms with Gasteiger partial charge in [-0.05, 0) is 77.5 Å². The van der Waals surface area contributed by atoms with E-state index in [1.54, 1.807) is 31.7 Å². The Morgan fingerprint density at radius 2 is 1.59 bits per heavy atom. The van der Waals surface area contributed by atoms with E-state index in [0.29, 0.717) is 29.1 Å². The molecule has 0 heterocycles. The average molecular weight is 558 g/mol. The van der Waals surface area contributed by atoms with Crippen LogP contribution in [0, 0.1) is 12.8 Å². The number of alkyl carbamates (subject to hydrolysis) is 1. The molecule has 7 nitrogen and oxygen atoms in total. The fourth-order valence-electron chi connectivity index (χ4n) is 4.29. The predicted molar refractivity (Wildman–Crippen MR) is 158 cm³/mol. The lowest BCUT2D eigenvalue weighted by molar-refractivity contribution is -0.148. The van der Waals surface area contributed by atoms with Crippen LogP contribution in [-0.2, 0) is 14.3 Å². The molecule has 0 aliphatic carbocycles. The number of ether oxygens (including phenoxy) is 1. The Labute approximate surface area is 238 Å². The number of aryl methyl sites for hydroxylation is 1. The molecule has 0 aromatic heterocycles. The molecule has 214 valence electrons. The van der Waals surface area contributed by atoms with Gasteiger partial charge in [-0.1, -0.05) is 74.8 Å². The number of hydrogen-bond acceptors (Lipinski definition) is 4. The van der Waals surface area contributed by atoms with E-state index in [1.165, 1.54) is 0 Å². The molecule has 0 bridgehead atoms. The maximum Gasteiger partial charge on any atom is 0.408 e. The third-order valence-electron chi connectivity index (χ3n) is 6.54. The van der Waals surface area contributed by atoms with Crippen LogP contribution in [0.25, 0.3) is 0 Å². The van der Waals surface area contributed by atoms with Gasteiger partial charge >= 0.3 is 6.09 Å². The average Bonchev–Trinajstić information content (AvgIpc) is 2.82. The molecule has 0 radical (unpaired) electrons. The van der Waals surface area contributed by atoms with E-state index >= 15 is 0 Å². The van der Waals surface area contributed by atoms with Gasteiger partial charge in [0.05, 0.1) is 10.7 Å². The van der Waals surface area contributed by atoms with Crippen molar-refractivity contribution in [2.45, 2.75) is 98.4 Å². The number of nitrogens with one attached hydrogen (secondary N) is 2. The summed E-state index contributed by atoms with van der Waals surface area (Å²) < 4.78 is 5.47. The second-order valence-electron chi connectivity index (χ2n) is 11.9. The molecule has 2 N–H and O–H groups in total. The van der Waals surface area contributed by atoms with Gasteiger partial charge in [-0.2, -0.15) is 0 Å². The number of para-hydroxylation sites is 1. The number of amides is 3. The summed E-state index contributed by atoms with van der Waals surface area (Å²) in [7, 11) is 0. The summed E-state index contributed by atoms with van der Waals surface area (Å²) in [6.07, 6.45) is 0.269. The number of nitrogens with zero attached hydrogens (tertiary/aromatic N) is 1. The first-order valence-electron chi connectivity index (χ1n) is 13.5. The fourth-order valence-corrected chi connectivity index (χ4v) is 4.56. The van der Waals surface area contributed by atoms with Crippen LogP contribution >= 0.6 is 11.6 Å². The molecule has 0 spiro atoms. The van der Waals surface area contributed by atoms with Gasteiger partial charge < -0.3 is 20.3 Å². The zero-order chi connectivity index (χ0) is 29.5. The molecule has 0 fully saturated rings. The molecular weight excluding hydrogens is 514 g/mol. The van der Waals surface area contributed by atoms with E-state index in [-0.39, 0.29) is 11.8 Å². The maximum absolute atomic E-state index is 14.4. The number of carbonyl (C=O) groups excluding carboxylic acids is 3. The lowest BCUT2D eigenvalue weighted by atomic mass is 9.90. The van der Waals surface area contributed by atoms with E-state index in [2.05, 4.69) is 10.6 Å². The Morgan fingerprint density at radius 1 is 0.974 bits per heavy atom. The molecule has 2 atom stereocenters. The number of benzene rings is 2. The zero-order valence-corrected chi connectivity index (χ0v) is 25.5. The minimum absolute atomic E-state index is 0.0928. The molecule has 39 heavy (non-hydrogen) atoms. The quantitative estimate of drug-likeness (QED) is 0.321. The van der Waals surface area contributed by atoms with Crippen molar-refractivity contribution in [1.82, 2.24) is 10.2 Å². The summed E-state index contributed by atoms with van der Waals surface area (Å²) in [5.41, 5.74) is 0.485. The Hall–Kier alpha value is -3.06. The van der Waals surface area contributed by atoms with Gasteiger partial charge in [0, 0.05) is 5.54 Å². The van der Waals surface area contributed by atoms with Crippen LogP contribution in [0.15, 0.2) is 48.5 Å². The van der Waals surface area contributed by atoms with Crippen LogP contribution in [0.5, 0.6) is 0 Å². The topological polar surface area (TPSA) is 87.7 Å². The zero-order valence-electron chi connectivity index (χ0n) is 24.7. The molecular formula is C31H44ClN3O4. The highest BCUT2D eigenvalue weighted by Gasteiger charge is 2.43. The minimum atomic E-state index is -0.987. The normalized spacial score (nSPS) is 13.4. The van der Waals surface area contributed by atoms with E-state index in [4.69, 9.17) is 16.3 Å². The van der Waals surface area contributed by atoms with Crippen LogP contribution in [0.4, 0.5) is 10.5 Å². The highest BCUT2D eigenvalue weighted by molar-refractivity contribution is 6.34. The Kier molecular flexibility index (Phi) is 11.0. The van der Waals surface area contributed by atoms with Crippen LogP contribution in [-0.4, -0.2) is 40.0 Å². The first kappa shape index (κ1) is 32.2. The predicted octanol–water partition coefficient (Wildman–Crippen LogP) is 7.28. The molecule has 8 heteroatoms. The van der Waals surface area contributed by atoms with Crippen molar-refractivity contribution < 1.29 is 19.1 Å². The fraction of sp³-hybridized carbons (Fsp3) is 0.516. The van der Waals surface area contributed by atoms with Gasteiger partial charge in [0.25, 0.3) is 5.91 Å². The van der Waals surface area contributed by atoms with Crippen LogP contribution < -0.4 is 10.6 Å². The van der Waals surface area contributed by atoms with Gasteiger partial charge in [-0.15, -0.1) is 0 Å². The monoisotopic (exact) mass is 557 g/mol. The van der Waals surface area contributed by atoms with Gasteiger partial charge in [0.1, 0.15) is 17.7 Å². The highest BCUT2D eigenvalue weighted by atomic mass is 35.5. The second kappa shape index (κ2) is 13.3. The summed E-state index contributed by atoms with van der Waals surface area (Å²) in [5, 5.41) is 6.18. The molecule has 2 unspecified atom stereocenters. The number of anilines is 1. The summed E-state index contributed by atoms with van der Waals surface area (Å²) in [6.45, 7) is 16.9. The standard InChI is InChI=1S/C31H44ClN3O4/c1-10-31(8,9)35(28(37)24(19-20(2)3)33-29(38)39-30(5,6)7)26(22-16-12-11-13-17-22)27(36)34-25-21(4)15-14-18-23(25)32/h11-18,20,24,26H,10,19H2,1-9H3,(H,33,38)(H,34,36). The molecule has 2 rings (SSSR count). The SMILES string of the molecule is CCC(C)(C)N(C(=O)C(CC(C)C)NC(=O)OC(C)(C)C)C(C(=O)Nc1c(C)cccc1Cl)c1ccccc1. The van der Waals surface area contributed by atoms with Crippen LogP contribution in [0.1, 0.15) is 85.4 Å². The molecule has 0 aliphatic rings. The number of halogens is 1. The smallest absolute Gasteiger partial charge is 0.408 e. The molecule has 3 amide bonds. The van der Waals surface area contributed by atoms with Gasteiger partial charge in [0.15, 0.2) is 0 Å². The van der Waals surface area contributed by atoms with Gasteiger partial charge in [0.2, 0.25) is 5.91 Å². The number of rotatable bonds is 10. The second-order valence-corrected chi connectivity index (χ2v) is 12.3. The summed E-state index contributed by atoms with van der Waals surface area (Å²) >= 11 is 6.44. The van der Waals surface area contributed by atoms with Crippen LogP contribution in [0.3, 0.4) is 0 Å². The van der Waals surface area contributed by atoms with Crippen molar-refractivity contribution in [2.75, 3.05) is 5.32 Å². The maximum atomic E-state index is 14.4. The summed E-state index contributed by atoms with van der Waals surface area (Å²) in [6, 6.07) is 12.7. The lowest BCUT2D eigenvalue weighted by Gasteiger charge is -2.44. The molecule has 2 aromatic carbocycles. The molecule has 2 aromatic rings. The lowest BCUT2D eigenvalue weighted by Crippen LogP contribution is -2.59. The molecule has 0 aliphatic heterocycles. The summed E-state index contributed by atoms with van der Waals surface area (Å²) in [4.78, 5) is 42.9. The minimum Gasteiger partial charge on any atom is -0.444 e. The summed E-state index contributed by atoms with van der Waals surface area (Å²) in [5.74, 6) is -0.663. The van der Waals surface area contributed by atoms with Crippen molar-refractivity contribution in [3.8, 4) is 0 Å². The van der Waals surface area contributed by atoms with Crippen LogP contribution in [0.2, 0.25) is 5.02 Å². The Bertz CT molecular complexity index is 1120. The first-order chi connectivity index (χ1) is 18.1. The third-order valence-corrected chi connectivity index (χ3v) is 6.86. The van der Waals surface area contributed by atoms with Gasteiger partial charge in [-0.3, -0.25) is 9.59 Å². The Morgan fingerprint density at radius 3 is 2.10 bits per heavy atom. The first-order valence-corrected chi connectivity index (χ1v) is 13.9. The van der Waals surface area contributed by atoms with Crippen molar-refractivity contribution in [2.24, 2.45) is 5.92 Å². The molecule has 0 saturated heterocycles.